The molecule has 1 fully saturated rings. The fourth-order valence-corrected chi connectivity index (χ4v) is 3.02. The van der Waals surface area contributed by atoms with Gasteiger partial charge in [-0.1, -0.05) is 12.1 Å². The van der Waals surface area contributed by atoms with Crippen LogP contribution < -0.4 is 11.1 Å². The molecule has 7 heteroatoms. The highest BCUT2D eigenvalue weighted by molar-refractivity contribution is 5.85. The number of aromatic nitrogens is 2. The molecular weight excluding hydrogens is 340 g/mol. The van der Waals surface area contributed by atoms with Crippen molar-refractivity contribution in [2.24, 2.45) is 11.7 Å². The van der Waals surface area contributed by atoms with E-state index in [0.717, 1.165) is 24.1 Å². The molecule has 2 atom stereocenters. The second-order valence-corrected chi connectivity index (χ2v) is 6.25. The molecule has 0 radical (unpaired) electrons. The predicted molar refractivity (Wildman–Crippen MR) is 98.9 cm³/mol. The molecule has 1 aliphatic rings. The summed E-state index contributed by atoms with van der Waals surface area (Å²) in [6.07, 6.45) is 5.34. The van der Waals surface area contributed by atoms with Crippen molar-refractivity contribution in [3.8, 4) is 5.69 Å². The summed E-state index contributed by atoms with van der Waals surface area (Å²) in [5.74, 6) is 0.110. The first-order chi connectivity index (χ1) is 11.6. The van der Waals surface area contributed by atoms with Crippen molar-refractivity contribution in [2.75, 3.05) is 13.2 Å². The summed E-state index contributed by atoms with van der Waals surface area (Å²) in [6.45, 7) is 3.35. The number of ether oxygens (including phenoxy) is 1. The fraction of sp³-hybridized carbons (Fsp3) is 0.444. The number of rotatable bonds is 5. The maximum Gasteiger partial charge on any atom is 0.237 e. The number of halogens is 1. The number of carbonyl (C=O) groups excluding carboxylic acids is 1. The first-order valence-corrected chi connectivity index (χ1v) is 8.39. The molecule has 0 spiro atoms. The largest absolute Gasteiger partial charge is 0.381 e. The number of nitrogens with two attached hydrogens (primary N) is 1. The summed E-state index contributed by atoms with van der Waals surface area (Å²) >= 11 is 0. The van der Waals surface area contributed by atoms with Gasteiger partial charge in [0.05, 0.1) is 17.8 Å². The van der Waals surface area contributed by atoms with Crippen LogP contribution in [0.3, 0.4) is 0 Å². The lowest BCUT2D eigenvalue weighted by atomic mass is 9.91. The van der Waals surface area contributed by atoms with E-state index < -0.39 is 6.04 Å². The van der Waals surface area contributed by atoms with Crippen molar-refractivity contribution in [1.29, 1.82) is 0 Å². The number of nitrogens with zero attached hydrogens (tertiary/aromatic N) is 2. The second kappa shape index (κ2) is 8.99. The zero-order valence-corrected chi connectivity index (χ0v) is 15.1. The Morgan fingerprint density at radius 1 is 1.32 bits per heavy atom. The molecule has 1 saturated heterocycles. The van der Waals surface area contributed by atoms with Gasteiger partial charge in [0.25, 0.3) is 0 Å². The minimum absolute atomic E-state index is 0. The molecule has 0 saturated carbocycles. The van der Waals surface area contributed by atoms with E-state index in [2.05, 4.69) is 10.4 Å². The third-order valence-electron chi connectivity index (χ3n) is 4.60. The maximum absolute atomic E-state index is 12.4. The topological polar surface area (TPSA) is 82.2 Å². The van der Waals surface area contributed by atoms with Crippen LogP contribution >= 0.6 is 12.4 Å². The highest BCUT2D eigenvalue weighted by Gasteiger charge is 2.27. The Hall–Kier alpha value is -1.89. The number of amides is 1. The average molecular weight is 365 g/mol. The molecule has 2 unspecified atom stereocenters. The van der Waals surface area contributed by atoms with Crippen molar-refractivity contribution in [3.05, 3.63) is 48.3 Å². The Balaban J connectivity index is 0.00000225. The van der Waals surface area contributed by atoms with Crippen LogP contribution in [0.1, 0.15) is 31.4 Å². The summed E-state index contributed by atoms with van der Waals surface area (Å²) in [6, 6.07) is 9.31. The van der Waals surface area contributed by atoms with E-state index in [4.69, 9.17) is 10.5 Å². The van der Waals surface area contributed by atoms with Gasteiger partial charge in [-0.3, -0.25) is 4.79 Å². The smallest absolute Gasteiger partial charge is 0.237 e. The number of benzene rings is 1. The van der Waals surface area contributed by atoms with Crippen molar-refractivity contribution >= 4 is 18.3 Å². The molecule has 1 aliphatic heterocycles. The van der Waals surface area contributed by atoms with E-state index >= 15 is 0 Å². The Bertz CT molecular complexity index is 654. The van der Waals surface area contributed by atoms with E-state index in [1.165, 1.54) is 0 Å². The van der Waals surface area contributed by atoms with Crippen LogP contribution in [0.2, 0.25) is 0 Å². The quantitative estimate of drug-likeness (QED) is 0.852. The molecule has 25 heavy (non-hydrogen) atoms. The first kappa shape index (κ1) is 19.4. The standard InChI is InChI=1S/C18H24N4O2.ClH/c1-13(21-18(23)17(19)15-7-11-24-12-8-15)14-3-5-16(6-4-14)22-10-2-9-20-22;/h2-6,9-10,13,15,17H,7-8,11-12,19H2,1H3,(H,21,23);1H. The number of hydrogen-bond donors (Lipinski definition) is 2. The van der Waals surface area contributed by atoms with Gasteiger partial charge in [0, 0.05) is 25.6 Å². The average Bonchev–Trinajstić information content (AvgIpc) is 3.16. The zero-order valence-electron chi connectivity index (χ0n) is 14.3. The molecule has 6 nitrogen and oxygen atoms in total. The molecule has 136 valence electrons. The number of carbonyl (C=O) groups is 1. The van der Waals surface area contributed by atoms with Crippen LogP contribution in [0.5, 0.6) is 0 Å². The molecule has 3 N–H and O–H groups in total. The minimum Gasteiger partial charge on any atom is -0.381 e. The Morgan fingerprint density at radius 3 is 2.60 bits per heavy atom. The zero-order chi connectivity index (χ0) is 16.9. The van der Waals surface area contributed by atoms with E-state index in [1.54, 1.807) is 10.9 Å². The van der Waals surface area contributed by atoms with Gasteiger partial charge >= 0.3 is 0 Å². The van der Waals surface area contributed by atoms with Gasteiger partial charge in [0.15, 0.2) is 0 Å². The summed E-state index contributed by atoms with van der Waals surface area (Å²) in [4.78, 5) is 12.4. The van der Waals surface area contributed by atoms with Crippen molar-refractivity contribution < 1.29 is 9.53 Å². The minimum atomic E-state index is -0.473. The van der Waals surface area contributed by atoms with Crippen LogP contribution in [-0.4, -0.2) is 34.9 Å². The van der Waals surface area contributed by atoms with E-state index in [-0.39, 0.29) is 30.3 Å². The molecule has 0 bridgehead atoms. The summed E-state index contributed by atoms with van der Waals surface area (Å²) in [5, 5.41) is 7.22. The van der Waals surface area contributed by atoms with Gasteiger partial charge in [-0.05, 0) is 49.4 Å². The highest BCUT2D eigenvalue weighted by Crippen LogP contribution is 2.19. The van der Waals surface area contributed by atoms with E-state index in [9.17, 15) is 4.79 Å². The Labute approximate surface area is 154 Å². The van der Waals surface area contributed by atoms with Gasteiger partial charge < -0.3 is 15.8 Å². The van der Waals surface area contributed by atoms with Gasteiger partial charge in [-0.2, -0.15) is 5.10 Å². The van der Waals surface area contributed by atoms with Gasteiger partial charge in [-0.15, -0.1) is 12.4 Å². The van der Waals surface area contributed by atoms with Crippen LogP contribution in [0.25, 0.3) is 5.69 Å². The van der Waals surface area contributed by atoms with Crippen LogP contribution in [0, 0.1) is 5.92 Å². The molecule has 2 heterocycles. The van der Waals surface area contributed by atoms with Gasteiger partial charge in [0.2, 0.25) is 5.91 Å². The molecular formula is C18H25ClN4O2. The third kappa shape index (κ3) is 4.81. The van der Waals surface area contributed by atoms with Crippen molar-refractivity contribution in [2.45, 2.75) is 31.8 Å². The molecule has 3 rings (SSSR count). The summed E-state index contributed by atoms with van der Waals surface area (Å²) in [5.41, 5.74) is 8.15. The molecule has 2 aromatic rings. The monoisotopic (exact) mass is 364 g/mol. The van der Waals surface area contributed by atoms with Gasteiger partial charge in [0.1, 0.15) is 0 Å². The number of hydrogen-bond acceptors (Lipinski definition) is 4. The van der Waals surface area contributed by atoms with Gasteiger partial charge in [-0.25, -0.2) is 4.68 Å². The fourth-order valence-electron chi connectivity index (χ4n) is 3.02. The lowest BCUT2D eigenvalue weighted by Crippen LogP contribution is -2.47. The lowest BCUT2D eigenvalue weighted by Gasteiger charge is -2.28. The third-order valence-corrected chi connectivity index (χ3v) is 4.60. The summed E-state index contributed by atoms with van der Waals surface area (Å²) < 4.78 is 7.13. The first-order valence-electron chi connectivity index (χ1n) is 8.39. The van der Waals surface area contributed by atoms with E-state index in [0.29, 0.717) is 13.2 Å². The van der Waals surface area contributed by atoms with E-state index in [1.807, 2.05) is 43.5 Å². The normalized spacial score (nSPS) is 17.4. The SMILES string of the molecule is CC(NC(=O)C(N)C1CCOCC1)c1ccc(-n2cccn2)cc1.Cl. The van der Waals surface area contributed by atoms with Crippen LogP contribution in [0.15, 0.2) is 42.7 Å². The Kier molecular flexibility index (Phi) is 6.99. The second-order valence-electron chi connectivity index (χ2n) is 6.25. The molecule has 1 amide bonds. The maximum atomic E-state index is 12.4. The Morgan fingerprint density at radius 2 is 2.00 bits per heavy atom. The molecule has 0 aliphatic carbocycles. The summed E-state index contributed by atoms with van der Waals surface area (Å²) in [7, 11) is 0. The molecule has 1 aromatic heterocycles. The highest BCUT2D eigenvalue weighted by atomic mass is 35.5. The van der Waals surface area contributed by atoms with Crippen LogP contribution in [-0.2, 0) is 9.53 Å². The number of nitrogens with one attached hydrogen (secondary N) is 1. The van der Waals surface area contributed by atoms with Crippen molar-refractivity contribution in [3.63, 3.8) is 0 Å². The lowest BCUT2D eigenvalue weighted by molar-refractivity contribution is -0.125. The van der Waals surface area contributed by atoms with Crippen LogP contribution in [0.4, 0.5) is 0 Å². The molecule has 1 aromatic carbocycles. The predicted octanol–water partition coefficient (Wildman–Crippen LogP) is 2.23. The van der Waals surface area contributed by atoms with Crippen molar-refractivity contribution in [1.82, 2.24) is 15.1 Å².